The van der Waals surface area contributed by atoms with Crippen LogP contribution in [-0.4, -0.2) is 26.6 Å². The Morgan fingerprint density at radius 2 is 1.90 bits per heavy atom. The average Bonchev–Trinajstić information content (AvgIpc) is 2.51. The van der Waals surface area contributed by atoms with E-state index in [2.05, 4.69) is 15.0 Å². The maximum absolute atomic E-state index is 12.5. The maximum Gasteiger partial charge on any atom is 0.301 e. The van der Waals surface area contributed by atoms with E-state index in [1.54, 1.807) is 0 Å². The zero-order valence-electron chi connectivity index (χ0n) is 10.9. The van der Waals surface area contributed by atoms with E-state index in [1.165, 1.54) is 24.1 Å². The monoisotopic (exact) mass is 268 g/mol. The standard InChI is InChI=1S/C14H12N4O2/c1-20-14-17-12-11(15-7-8-16-12)13(19)18(14)9-10-5-3-2-4-6-10/h2-8H,9H2,1H3. The van der Waals surface area contributed by atoms with Gasteiger partial charge in [-0.1, -0.05) is 30.3 Å². The summed E-state index contributed by atoms with van der Waals surface area (Å²) < 4.78 is 6.64. The van der Waals surface area contributed by atoms with Gasteiger partial charge in [0.15, 0.2) is 11.2 Å². The second kappa shape index (κ2) is 5.08. The third-order valence-corrected chi connectivity index (χ3v) is 2.93. The second-order valence-corrected chi connectivity index (χ2v) is 4.20. The van der Waals surface area contributed by atoms with E-state index < -0.39 is 0 Å². The van der Waals surface area contributed by atoms with Gasteiger partial charge in [0, 0.05) is 12.4 Å². The predicted molar refractivity (Wildman–Crippen MR) is 73.7 cm³/mol. The zero-order chi connectivity index (χ0) is 13.9. The summed E-state index contributed by atoms with van der Waals surface area (Å²) in [6, 6.07) is 9.86. The number of ether oxygens (including phenoxy) is 1. The highest BCUT2D eigenvalue weighted by molar-refractivity contribution is 5.68. The van der Waals surface area contributed by atoms with Gasteiger partial charge in [0.2, 0.25) is 0 Å². The van der Waals surface area contributed by atoms with Crippen molar-refractivity contribution in [3.63, 3.8) is 0 Å². The fourth-order valence-corrected chi connectivity index (χ4v) is 1.99. The molecule has 3 aromatic rings. The first-order valence-corrected chi connectivity index (χ1v) is 6.09. The summed E-state index contributed by atoms with van der Waals surface area (Å²) in [4.78, 5) is 24.7. The van der Waals surface area contributed by atoms with Gasteiger partial charge < -0.3 is 4.74 Å². The molecule has 20 heavy (non-hydrogen) atoms. The van der Waals surface area contributed by atoms with Crippen LogP contribution < -0.4 is 10.3 Å². The molecule has 0 atom stereocenters. The molecule has 0 bridgehead atoms. The maximum atomic E-state index is 12.5. The van der Waals surface area contributed by atoms with E-state index >= 15 is 0 Å². The van der Waals surface area contributed by atoms with Crippen LogP contribution in [0.25, 0.3) is 11.2 Å². The molecule has 6 heteroatoms. The van der Waals surface area contributed by atoms with Crippen molar-refractivity contribution in [3.05, 3.63) is 58.6 Å². The lowest BCUT2D eigenvalue weighted by Gasteiger charge is -2.11. The van der Waals surface area contributed by atoms with Crippen molar-refractivity contribution >= 4 is 11.2 Å². The number of nitrogens with zero attached hydrogens (tertiary/aromatic N) is 4. The first kappa shape index (κ1) is 12.3. The van der Waals surface area contributed by atoms with Crippen molar-refractivity contribution in [2.24, 2.45) is 0 Å². The number of benzene rings is 1. The Labute approximate surface area is 114 Å². The molecule has 0 N–H and O–H groups in total. The second-order valence-electron chi connectivity index (χ2n) is 4.20. The topological polar surface area (TPSA) is 69.9 Å². The van der Waals surface area contributed by atoms with Crippen LogP contribution in [0.5, 0.6) is 6.01 Å². The summed E-state index contributed by atoms with van der Waals surface area (Å²) in [6.07, 6.45) is 2.97. The van der Waals surface area contributed by atoms with Gasteiger partial charge in [-0.05, 0) is 5.56 Å². The fraction of sp³-hybridized carbons (Fsp3) is 0.143. The molecular formula is C14H12N4O2. The molecule has 1 aromatic carbocycles. The summed E-state index contributed by atoms with van der Waals surface area (Å²) in [5.41, 5.74) is 1.25. The van der Waals surface area contributed by atoms with Crippen LogP contribution in [0.1, 0.15) is 5.56 Å². The van der Waals surface area contributed by atoms with Crippen LogP contribution in [-0.2, 0) is 6.54 Å². The molecule has 0 aliphatic carbocycles. The Kier molecular flexibility index (Phi) is 3.12. The molecule has 0 amide bonds. The first-order valence-electron chi connectivity index (χ1n) is 6.09. The van der Waals surface area contributed by atoms with Gasteiger partial charge in [0.05, 0.1) is 13.7 Å². The van der Waals surface area contributed by atoms with Gasteiger partial charge in [-0.2, -0.15) is 4.98 Å². The molecule has 0 aliphatic heterocycles. The Bertz CT molecular complexity index is 799. The smallest absolute Gasteiger partial charge is 0.301 e. The SMILES string of the molecule is COc1nc2nccnc2c(=O)n1Cc1ccccc1. The van der Waals surface area contributed by atoms with Gasteiger partial charge in [-0.15, -0.1) is 0 Å². The highest BCUT2D eigenvalue weighted by Gasteiger charge is 2.13. The predicted octanol–water partition coefficient (Wildman–Crippen LogP) is 1.24. The van der Waals surface area contributed by atoms with Crippen LogP contribution in [0.15, 0.2) is 47.5 Å². The average molecular weight is 268 g/mol. The van der Waals surface area contributed by atoms with Gasteiger partial charge in [0.25, 0.3) is 5.56 Å². The van der Waals surface area contributed by atoms with E-state index in [0.29, 0.717) is 12.2 Å². The molecule has 0 saturated carbocycles. The first-order chi connectivity index (χ1) is 9.79. The lowest BCUT2D eigenvalue weighted by Crippen LogP contribution is -2.24. The van der Waals surface area contributed by atoms with Crippen molar-refractivity contribution in [3.8, 4) is 6.01 Å². The van der Waals surface area contributed by atoms with E-state index in [1.807, 2.05) is 30.3 Å². The highest BCUT2D eigenvalue weighted by Crippen LogP contribution is 2.11. The lowest BCUT2D eigenvalue weighted by molar-refractivity contribution is 0.353. The van der Waals surface area contributed by atoms with E-state index in [0.717, 1.165) is 5.56 Å². The van der Waals surface area contributed by atoms with Crippen LogP contribution in [0, 0.1) is 0 Å². The Hall–Kier alpha value is -2.76. The zero-order valence-corrected chi connectivity index (χ0v) is 10.9. The minimum Gasteiger partial charge on any atom is -0.468 e. The van der Waals surface area contributed by atoms with Crippen LogP contribution in [0.2, 0.25) is 0 Å². The van der Waals surface area contributed by atoms with E-state index in [-0.39, 0.29) is 17.1 Å². The van der Waals surface area contributed by atoms with Crippen molar-refractivity contribution in [2.45, 2.75) is 6.54 Å². The van der Waals surface area contributed by atoms with Crippen molar-refractivity contribution in [2.75, 3.05) is 7.11 Å². The third kappa shape index (κ3) is 2.11. The largest absolute Gasteiger partial charge is 0.468 e. The third-order valence-electron chi connectivity index (χ3n) is 2.93. The number of hydrogen-bond donors (Lipinski definition) is 0. The van der Waals surface area contributed by atoms with Crippen molar-refractivity contribution in [1.82, 2.24) is 19.5 Å². The fourth-order valence-electron chi connectivity index (χ4n) is 1.99. The normalized spacial score (nSPS) is 10.7. The minimum absolute atomic E-state index is 0.229. The molecule has 2 heterocycles. The number of aromatic nitrogens is 4. The molecule has 2 aromatic heterocycles. The van der Waals surface area contributed by atoms with Gasteiger partial charge in [-0.3, -0.25) is 9.36 Å². The summed E-state index contributed by atoms with van der Waals surface area (Å²) in [7, 11) is 1.48. The molecule has 0 unspecified atom stereocenters. The van der Waals surface area contributed by atoms with Gasteiger partial charge in [-0.25, -0.2) is 9.97 Å². The van der Waals surface area contributed by atoms with E-state index in [4.69, 9.17) is 4.74 Å². The van der Waals surface area contributed by atoms with Crippen molar-refractivity contribution < 1.29 is 4.74 Å². The van der Waals surface area contributed by atoms with Gasteiger partial charge >= 0.3 is 6.01 Å². The number of hydrogen-bond acceptors (Lipinski definition) is 5. The Balaban J connectivity index is 2.18. The van der Waals surface area contributed by atoms with Crippen molar-refractivity contribution in [1.29, 1.82) is 0 Å². The summed E-state index contributed by atoms with van der Waals surface area (Å²) in [6.45, 7) is 0.377. The van der Waals surface area contributed by atoms with E-state index in [9.17, 15) is 4.79 Å². The molecule has 100 valence electrons. The van der Waals surface area contributed by atoms with Crippen LogP contribution in [0.4, 0.5) is 0 Å². The summed E-state index contributed by atoms with van der Waals surface area (Å²) >= 11 is 0. The Morgan fingerprint density at radius 1 is 1.15 bits per heavy atom. The minimum atomic E-state index is -0.260. The highest BCUT2D eigenvalue weighted by atomic mass is 16.5. The summed E-state index contributed by atoms with van der Waals surface area (Å²) in [5, 5.41) is 0. The Morgan fingerprint density at radius 3 is 2.65 bits per heavy atom. The molecular weight excluding hydrogens is 256 g/mol. The quantitative estimate of drug-likeness (QED) is 0.715. The van der Waals surface area contributed by atoms with Crippen LogP contribution >= 0.6 is 0 Å². The summed E-state index contributed by atoms with van der Waals surface area (Å²) in [5.74, 6) is 0. The molecule has 3 rings (SSSR count). The molecule has 0 spiro atoms. The molecule has 0 saturated heterocycles. The lowest BCUT2D eigenvalue weighted by atomic mass is 10.2. The number of methoxy groups -OCH3 is 1. The number of fused-ring (bicyclic) bond motifs is 1. The molecule has 6 nitrogen and oxygen atoms in total. The van der Waals surface area contributed by atoms with Gasteiger partial charge in [0.1, 0.15) is 0 Å². The number of rotatable bonds is 3. The molecule has 0 radical (unpaired) electrons. The van der Waals surface area contributed by atoms with Crippen LogP contribution in [0.3, 0.4) is 0 Å². The molecule has 0 fully saturated rings. The molecule has 0 aliphatic rings.